The zero-order valence-electron chi connectivity index (χ0n) is 14.7. The minimum absolute atomic E-state index is 0.0214. The number of nitro benzene ring substituents is 1. The predicted molar refractivity (Wildman–Crippen MR) is 109 cm³/mol. The molecule has 0 spiro atoms. The van der Waals surface area contributed by atoms with Crippen LogP contribution in [-0.4, -0.2) is 35.9 Å². The molecule has 0 saturated heterocycles. The predicted octanol–water partition coefficient (Wildman–Crippen LogP) is 3.67. The van der Waals surface area contributed by atoms with E-state index < -0.39 is 17.4 Å². The maximum Gasteiger partial charge on any atom is 0.311 e. The summed E-state index contributed by atoms with van der Waals surface area (Å²) in [6.45, 7) is 1.23. The molecule has 28 heavy (non-hydrogen) atoms. The maximum absolute atomic E-state index is 11.9. The van der Waals surface area contributed by atoms with Gasteiger partial charge in [-0.15, -0.1) is 0 Å². The molecule has 2 N–H and O–H groups in total. The van der Waals surface area contributed by atoms with E-state index in [2.05, 4.69) is 42.4 Å². The molecule has 148 valence electrons. The van der Waals surface area contributed by atoms with Crippen LogP contribution in [0.25, 0.3) is 0 Å². The first kappa shape index (κ1) is 21.6. The number of carbonyl (C=O) groups excluding carboxylic acids is 1. The lowest BCUT2D eigenvalue weighted by Crippen LogP contribution is -2.24. The van der Waals surface area contributed by atoms with E-state index in [9.17, 15) is 20.0 Å². The van der Waals surface area contributed by atoms with E-state index in [0.29, 0.717) is 14.5 Å². The number of phenolic OH excluding ortho intramolecular Hbond substituents is 1. The fourth-order valence-corrected chi connectivity index (χ4v) is 2.95. The van der Waals surface area contributed by atoms with E-state index in [-0.39, 0.29) is 28.5 Å². The summed E-state index contributed by atoms with van der Waals surface area (Å²) in [4.78, 5) is 22.4. The normalized spacial score (nSPS) is 10.7. The van der Waals surface area contributed by atoms with Gasteiger partial charge in [0.25, 0.3) is 5.91 Å². The molecule has 0 bridgehead atoms. The molecule has 2 aromatic carbocycles. The first-order valence-electron chi connectivity index (χ1n) is 7.69. The number of benzene rings is 2. The van der Waals surface area contributed by atoms with Crippen LogP contribution in [0.3, 0.4) is 0 Å². The number of ether oxygens (including phenoxy) is 2. The molecule has 0 fully saturated rings. The minimum atomic E-state index is -0.635. The summed E-state index contributed by atoms with van der Waals surface area (Å²) in [7, 11) is 1.40. The Labute approximate surface area is 176 Å². The van der Waals surface area contributed by atoms with Crippen molar-refractivity contribution in [1.82, 2.24) is 5.43 Å². The molecule has 1 amide bonds. The van der Waals surface area contributed by atoms with Gasteiger partial charge in [0.05, 0.1) is 23.8 Å². The van der Waals surface area contributed by atoms with Gasteiger partial charge in [-0.3, -0.25) is 14.9 Å². The summed E-state index contributed by atoms with van der Waals surface area (Å²) in [5, 5.41) is 25.0. The standard InChI is InChI=1S/C17H15Br2N3O6/c1-9-3-4-13(12(5-9)22(25)26)28-8-15(23)21-20-7-10-16(19)11(18)6-14(27-2)17(10)24/h3-7,24H,8H2,1-2H3,(H,21,23). The molecule has 9 nitrogen and oxygen atoms in total. The SMILES string of the molecule is COc1cc(Br)c(Br)c(C=NNC(=O)COc2ccc(C)cc2[N+](=O)[O-])c1O. The molecule has 0 atom stereocenters. The van der Waals surface area contributed by atoms with Crippen LogP contribution in [0.2, 0.25) is 0 Å². The Kier molecular flexibility index (Phi) is 7.35. The topological polar surface area (TPSA) is 123 Å². The number of hydrogen-bond donors (Lipinski definition) is 2. The zero-order chi connectivity index (χ0) is 20.8. The average molecular weight is 517 g/mol. The number of hydrogen-bond acceptors (Lipinski definition) is 7. The van der Waals surface area contributed by atoms with Gasteiger partial charge in [0.1, 0.15) is 0 Å². The summed E-state index contributed by atoms with van der Waals surface area (Å²) in [5.74, 6) is -0.601. The third kappa shape index (κ3) is 5.20. The van der Waals surface area contributed by atoms with Crippen LogP contribution < -0.4 is 14.9 Å². The lowest BCUT2D eigenvalue weighted by Gasteiger charge is -2.10. The van der Waals surface area contributed by atoms with Crippen LogP contribution in [0.4, 0.5) is 5.69 Å². The number of halogens is 2. The van der Waals surface area contributed by atoms with Crippen LogP contribution in [0.15, 0.2) is 38.3 Å². The van der Waals surface area contributed by atoms with Crippen molar-refractivity contribution in [2.24, 2.45) is 5.10 Å². The van der Waals surface area contributed by atoms with Gasteiger partial charge in [-0.1, -0.05) is 6.07 Å². The second-order valence-corrected chi connectivity index (χ2v) is 7.09. The highest BCUT2D eigenvalue weighted by atomic mass is 79.9. The number of nitrogens with zero attached hydrogens (tertiary/aromatic N) is 2. The van der Waals surface area contributed by atoms with Crippen molar-refractivity contribution in [3.05, 3.63) is 54.5 Å². The fourth-order valence-electron chi connectivity index (χ4n) is 2.12. The highest BCUT2D eigenvalue weighted by Crippen LogP contribution is 2.39. The van der Waals surface area contributed by atoms with Gasteiger partial charge < -0.3 is 14.6 Å². The quantitative estimate of drug-likeness (QED) is 0.329. The number of rotatable bonds is 7. The Balaban J connectivity index is 2.04. The first-order chi connectivity index (χ1) is 13.2. The number of hydrazone groups is 1. The summed E-state index contributed by atoms with van der Waals surface area (Å²) < 4.78 is 11.4. The first-order valence-corrected chi connectivity index (χ1v) is 9.28. The van der Waals surface area contributed by atoms with Crippen LogP contribution in [0, 0.1) is 17.0 Å². The number of aromatic hydroxyl groups is 1. The number of methoxy groups -OCH3 is 1. The highest BCUT2D eigenvalue weighted by molar-refractivity contribution is 9.13. The lowest BCUT2D eigenvalue weighted by atomic mass is 10.2. The average Bonchev–Trinajstić information content (AvgIpc) is 2.66. The largest absolute Gasteiger partial charge is 0.504 e. The van der Waals surface area contributed by atoms with Gasteiger partial charge in [-0.25, -0.2) is 5.43 Å². The van der Waals surface area contributed by atoms with E-state index in [4.69, 9.17) is 9.47 Å². The third-order valence-electron chi connectivity index (χ3n) is 3.47. The molecule has 0 aliphatic heterocycles. The number of nitrogens with one attached hydrogen (secondary N) is 1. The smallest absolute Gasteiger partial charge is 0.311 e. The molecule has 0 unspecified atom stereocenters. The molecule has 0 aromatic heterocycles. The van der Waals surface area contributed by atoms with Gasteiger partial charge in [0.2, 0.25) is 0 Å². The Morgan fingerprint density at radius 2 is 2.07 bits per heavy atom. The van der Waals surface area contributed by atoms with Crippen LogP contribution in [-0.2, 0) is 4.79 Å². The summed E-state index contributed by atoms with van der Waals surface area (Å²) in [6, 6.07) is 5.98. The van der Waals surface area contributed by atoms with E-state index in [1.165, 1.54) is 25.5 Å². The van der Waals surface area contributed by atoms with Crippen LogP contribution in [0.1, 0.15) is 11.1 Å². The van der Waals surface area contributed by atoms with Gasteiger partial charge in [0.15, 0.2) is 23.9 Å². The van der Waals surface area contributed by atoms with Crippen molar-refractivity contribution in [1.29, 1.82) is 0 Å². The molecule has 2 rings (SSSR count). The number of phenols is 1. The number of nitro groups is 1. The van der Waals surface area contributed by atoms with Gasteiger partial charge in [0, 0.05) is 15.0 Å². The molecular formula is C17H15Br2N3O6. The van der Waals surface area contributed by atoms with E-state index >= 15 is 0 Å². The minimum Gasteiger partial charge on any atom is -0.504 e. The number of amides is 1. The lowest BCUT2D eigenvalue weighted by molar-refractivity contribution is -0.385. The highest BCUT2D eigenvalue weighted by Gasteiger charge is 2.17. The second kappa shape index (κ2) is 9.51. The van der Waals surface area contributed by atoms with E-state index in [0.717, 1.165) is 0 Å². The Bertz CT molecular complexity index is 949. The van der Waals surface area contributed by atoms with Crippen molar-refractivity contribution in [2.75, 3.05) is 13.7 Å². The van der Waals surface area contributed by atoms with E-state index in [1.54, 1.807) is 19.1 Å². The maximum atomic E-state index is 11.9. The molecule has 0 aliphatic carbocycles. The monoisotopic (exact) mass is 515 g/mol. The second-order valence-electron chi connectivity index (χ2n) is 5.45. The Morgan fingerprint density at radius 1 is 1.36 bits per heavy atom. The van der Waals surface area contributed by atoms with Crippen molar-refractivity contribution in [3.63, 3.8) is 0 Å². The molecular weight excluding hydrogens is 502 g/mol. The zero-order valence-corrected chi connectivity index (χ0v) is 17.9. The van der Waals surface area contributed by atoms with Crippen molar-refractivity contribution in [2.45, 2.75) is 6.92 Å². The Hall–Kier alpha value is -2.66. The Morgan fingerprint density at radius 3 is 2.71 bits per heavy atom. The summed E-state index contributed by atoms with van der Waals surface area (Å²) in [5.41, 5.74) is 2.97. The van der Waals surface area contributed by atoms with Crippen molar-refractivity contribution in [3.8, 4) is 17.2 Å². The number of carbonyl (C=O) groups is 1. The van der Waals surface area contributed by atoms with Gasteiger partial charge in [-0.05, 0) is 56.5 Å². The molecule has 0 heterocycles. The summed E-state index contributed by atoms with van der Waals surface area (Å²) in [6.07, 6.45) is 1.22. The molecule has 0 aliphatic rings. The van der Waals surface area contributed by atoms with Gasteiger partial charge in [-0.2, -0.15) is 5.10 Å². The van der Waals surface area contributed by atoms with Crippen molar-refractivity contribution >= 4 is 49.7 Å². The molecule has 0 saturated carbocycles. The fraction of sp³-hybridized carbons (Fsp3) is 0.176. The van der Waals surface area contributed by atoms with Crippen LogP contribution >= 0.6 is 31.9 Å². The molecule has 2 aromatic rings. The van der Waals surface area contributed by atoms with Crippen molar-refractivity contribution < 1.29 is 24.3 Å². The van der Waals surface area contributed by atoms with Gasteiger partial charge >= 0.3 is 5.69 Å². The number of aryl methyl sites for hydroxylation is 1. The van der Waals surface area contributed by atoms with Crippen LogP contribution in [0.5, 0.6) is 17.2 Å². The third-order valence-corrected chi connectivity index (χ3v) is 5.48. The molecule has 11 heteroatoms. The van der Waals surface area contributed by atoms with E-state index in [1.807, 2.05) is 0 Å². The molecule has 0 radical (unpaired) electrons. The summed E-state index contributed by atoms with van der Waals surface area (Å²) >= 11 is 6.60.